The van der Waals surface area contributed by atoms with Crippen molar-refractivity contribution >= 4 is 0 Å². The Morgan fingerprint density at radius 2 is 2.00 bits per heavy atom. The number of rotatable bonds is 6. The van der Waals surface area contributed by atoms with E-state index in [1.54, 1.807) is 0 Å². The molecular formula is C15H25NO. The SMILES string of the molecule is CCC(CNC)Oc1ccc(C(C)C)c(C)c1. The van der Waals surface area contributed by atoms with Crippen LogP contribution < -0.4 is 10.1 Å². The lowest BCUT2D eigenvalue weighted by Gasteiger charge is -2.18. The molecule has 0 fully saturated rings. The first kappa shape index (κ1) is 14.0. The van der Waals surface area contributed by atoms with Gasteiger partial charge in [-0.1, -0.05) is 26.8 Å². The second kappa shape index (κ2) is 6.65. The van der Waals surface area contributed by atoms with Crippen molar-refractivity contribution in [1.82, 2.24) is 5.32 Å². The summed E-state index contributed by atoms with van der Waals surface area (Å²) in [5, 5.41) is 3.16. The molecule has 0 aliphatic rings. The first-order valence-electron chi connectivity index (χ1n) is 6.50. The standard InChI is InChI=1S/C15H25NO/c1-6-13(10-16-5)17-14-7-8-15(11(2)3)12(4)9-14/h7-9,11,13,16H,6,10H2,1-5H3. The van der Waals surface area contributed by atoms with Crippen LogP contribution in [-0.4, -0.2) is 19.7 Å². The van der Waals surface area contributed by atoms with Crippen molar-refractivity contribution in [2.75, 3.05) is 13.6 Å². The van der Waals surface area contributed by atoms with Crippen molar-refractivity contribution in [2.24, 2.45) is 0 Å². The van der Waals surface area contributed by atoms with Crippen molar-refractivity contribution in [1.29, 1.82) is 0 Å². The summed E-state index contributed by atoms with van der Waals surface area (Å²) in [5.41, 5.74) is 2.72. The van der Waals surface area contributed by atoms with Crippen LogP contribution in [0.3, 0.4) is 0 Å². The van der Waals surface area contributed by atoms with Crippen molar-refractivity contribution in [3.05, 3.63) is 29.3 Å². The van der Waals surface area contributed by atoms with Crippen molar-refractivity contribution < 1.29 is 4.74 Å². The van der Waals surface area contributed by atoms with Gasteiger partial charge in [-0.05, 0) is 49.6 Å². The average Bonchev–Trinajstić information content (AvgIpc) is 2.28. The maximum absolute atomic E-state index is 5.96. The van der Waals surface area contributed by atoms with Gasteiger partial charge in [0.1, 0.15) is 11.9 Å². The molecule has 0 aliphatic carbocycles. The molecule has 2 heteroatoms. The van der Waals surface area contributed by atoms with E-state index in [0.717, 1.165) is 18.7 Å². The maximum Gasteiger partial charge on any atom is 0.120 e. The van der Waals surface area contributed by atoms with E-state index in [0.29, 0.717) is 5.92 Å². The first-order valence-corrected chi connectivity index (χ1v) is 6.50. The van der Waals surface area contributed by atoms with E-state index in [-0.39, 0.29) is 6.10 Å². The van der Waals surface area contributed by atoms with Gasteiger partial charge in [-0.3, -0.25) is 0 Å². The molecule has 0 aromatic heterocycles. The van der Waals surface area contributed by atoms with Crippen LogP contribution in [0.2, 0.25) is 0 Å². The summed E-state index contributed by atoms with van der Waals surface area (Å²) in [6, 6.07) is 6.41. The topological polar surface area (TPSA) is 21.3 Å². The number of hydrogen-bond donors (Lipinski definition) is 1. The Hall–Kier alpha value is -1.02. The quantitative estimate of drug-likeness (QED) is 0.815. The fraction of sp³-hybridized carbons (Fsp3) is 0.600. The molecule has 1 N–H and O–H groups in total. The average molecular weight is 235 g/mol. The Kier molecular flexibility index (Phi) is 5.49. The molecule has 0 bridgehead atoms. The predicted molar refractivity (Wildman–Crippen MR) is 73.9 cm³/mol. The van der Waals surface area contributed by atoms with Crippen LogP contribution in [0.25, 0.3) is 0 Å². The third-order valence-electron chi connectivity index (χ3n) is 3.05. The highest BCUT2D eigenvalue weighted by atomic mass is 16.5. The van der Waals surface area contributed by atoms with Crippen LogP contribution in [0.1, 0.15) is 44.2 Å². The monoisotopic (exact) mass is 235 g/mol. The van der Waals surface area contributed by atoms with Gasteiger partial charge in [-0.15, -0.1) is 0 Å². The lowest BCUT2D eigenvalue weighted by atomic mass is 9.98. The van der Waals surface area contributed by atoms with Crippen molar-refractivity contribution in [2.45, 2.75) is 46.1 Å². The van der Waals surface area contributed by atoms with Crippen molar-refractivity contribution in [3.63, 3.8) is 0 Å². The molecule has 0 spiro atoms. The van der Waals surface area contributed by atoms with Crippen LogP contribution in [0.15, 0.2) is 18.2 Å². The number of likely N-dealkylation sites (N-methyl/N-ethyl adjacent to an activating group) is 1. The highest BCUT2D eigenvalue weighted by Gasteiger charge is 2.09. The molecule has 0 saturated carbocycles. The fourth-order valence-corrected chi connectivity index (χ4v) is 2.06. The van der Waals surface area contributed by atoms with Gasteiger partial charge in [-0.25, -0.2) is 0 Å². The Bertz CT molecular complexity index is 347. The van der Waals surface area contributed by atoms with E-state index in [1.807, 2.05) is 7.05 Å². The minimum atomic E-state index is 0.254. The zero-order chi connectivity index (χ0) is 12.8. The van der Waals surface area contributed by atoms with Gasteiger partial charge in [0.25, 0.3) is 0 Å². The van der Waals surface area contributed by atoms with E-state index in [4.69, 9.17) is 4.74 Å². The van der Waals surface area contributed by atoms with Gasteiger partial charge in [0.15, 0.2) is 0 Å². The molecule has 1 unspecified atom stereocenters. The molecule has 96 valence electrons. The summed E-state index contributed by atoms with van der Waals surface area (Å²) in [6.45, 7) is 9.64. The van der Waals surface area contributed by atoms with Crippen LogP contribution in [0, 0.1) is 6.92 Å². The molecule has 0 amide bonds. The number of aryl methyl sites for hydroxylation is 1. The third-order valence-corrected chi connectivity index (χ3v) is 3.05. The van der Waals surface area contributed by atoms with Crippen LogP contribution in [0.4, 0.5) is 0 Å². The molecule has 1 aromatic carbocycles. The second-order valence-electron chi connectivity index (χ2n) is 4.88. The molecular weight excluding hydrogens is 210 g/mol. The Morgan fingerprint density at radius 1 is 1.29 bits per heavy atom. The van der Waals surface area contributed by atoms with E-state index >= 15 is 0 Å². The van der Waals surface area contributed by atoms with Gasteiger partial charge >= 0.3 is 0 Å². The minimum absolute atomic E-state index is 0.254. The smallest absolute Gasteiger partial charge is 0.120 e. The largest absolute Gasteiger partial charge is 0.489 e. The molecule has 0 radical (unpaired) electrons. The Labute approximate surface area is 105 Å². The molecule has 1 aromatic rings. The molecule has 1 atom stereocenters. The van der Waals surface area contributed by atoms with Gasteiger partial charge in [0.05, 0.1) is 0 Å². The Balaban J connectivity index is 2.76. The summed E-state index contributed by atoms with van der Waals surface area (Å²) in [4.78, 5) is 0. The van der Waals surface area contributed by atoms with E-state index in [1.165, 1.54) is 11.1 Å². The van der Waals surface area contributed by atoms with Crippen molar-refractivity contribution in [3.8, 4) is 5.75 Å². The molecule has 2 nitrogen and oxygen atoms in total. The van der Waals surface area contributed by atoms with Crippen LogP contribution in [0.5, 0.6) is 5.75 Å². The summed E-state index contributed by atoms with van der Waals surface area (Å²) in [6.07, 6.45) is 1.27. The van der Waals surface area contributed by atoms with Crippen LogP contribution >= 0.6 is 0 Å². The normalized spacial score (nSPS) is 12.8. The molecule has 0 saturated heterocycles. The summed E-state index contributed by atoms with van der Waals surface area (Å²) < 4.78 is 5.96. The maximum atomic E-state index is 5.96. The van der Waals surface area contributed by atoms with Gasteiger partial charge in [-0.2, -0.15) is 0 Å². The summed E-state index contributed by atoms with van der Waals surface area (Å²) in [7, 11) is 1.96. The predicted octanol–water partition coefficient (Wildman–Crippen LogP) is 3.50. The Morgan fingerprint density at radius 3 is 2.47 bits per heavy atom. The van der Waals surface area contributed by atoms with E-state index in [2.05, 4.69) is 51.2 Å². The number of benzene rings is 1. The van der Waals surface area contributed by atoms with Gasteiger partial charge in [0, 0.05) is 6.54 Å². The second-order valence-corrected chi connectivity index (χ2v) is 4.88. The molecule has 0 heterocycles. The van der Waals surface area contributed by atoms with Crippen LogP contribution in [-0.2, 0) is 0 Å². The zero-order valence-corrected chi connectivity index (χ0v) is 11.7. The number of ether oxygens (including phenoxy) is 1. The minimum Gasteiger partial charge on any atom is -0.489 e. The lowest BCUT2D eigenvalue weighted by Crippen LogP contribution is -2.28. The summed E-state index contributed by atoms with van der Waals surface area (Å²) in [5.74, 6) is 1.55. The number of hydrogen-bond acceptors (Lipinski definition) is 2. The van der Waals surface area contributed by atoms with Gasteiger partial charge < -0.3 is 10.1 Å². The molecule has 17 heavy (non-hydrogen) atoms. The zero-order valence-electron chi connectivity index (χ0n) is 11.7. The van der Waals surface area contributed by atoms with E-state index < -0.39 is 0 Å². The third kappa shape index (κ3) is 4.04. The van der Waals surface area contributed by atoms with Gasteiger partial charge in [0.2, 0.25) is 0 Å². The summed E-state index contributed by atoms with van der Waals surface area (Å²) >= 11 is 0. The fourth-order valence-electron chi connectivity index (χ4n) is 2.06. The highest BCUT2D eigenvalue weighted by molar-refractivity contribution is 5.36. The highest BCUT2D eigenvalue weighted by Crippen LogP contribution is 2.24. The number of nitrogens with one attached hydrogen (secondary N) is 1. The molecule has 0 aliphatic heterocycles. The van der Waals surface area contributed by atoms with E-state index in [9.17, 15) is 0 Å². The lowest BCUT2D eigenvalue weighted by molar-refractivity contribution is 0.196. The molecule has 1 rings (SSSR count). The first-order chi connectivity index (χ1) is 8.08.